The van der Waals surface area contributed by atoms with E-state index in [4.69, 9.17) is 46.4 Å². The molecule has 0 bridgehead atoms. The fourth-order valence-electron chi connectivity index (χ4n) is 18.4. The first-order valence-electron chi connectivity index (χ1n) is 50.7. The standard InChI is InChI=1S/C38H50N4O9.C36H53N5O10S.C30H44N4O7/c1-38(2,3)51-35(45)39-19-11-10-16-27(33(44)34-40-29-17-8-9-18-32(29)50-34)22-31(43)30-23-28(49-36(46)41-20-12-5-13-21-41)24-42(30)37(47)48-25-26-14-6-4-7-15-26;1-6-14-27(39-52(5,47)48)33(44)41-23-25(49-35(46)40-19-12-7-13-20-40)22-28(41)29(42)21-24(15-10-11-18-37-34(45)51-36(2,3)4)31(43)32-38-26-16-8-9-17-30(26)50-32;1-30(2,3)41-28(37)31-14-8-7-11-20(26(36)27-33-22-12-5-6-13-25(22)40-27)17-24(35)23-18-21(19-32-23)39-29(38)34-15-9-4-10-16-34/h4,6-9,14-15,17-18,27-28,30,33,44H,5,10-13,16,19-25H2,1-3H3,(H,39,45);6,8-9,16-17,24-25,27-28,31,39,43H,1,7,10-15,18-23H2,2-5H3,(H,37,45);5-6,12-13,20-21,23,26,32,36H,4,7-11,14-19H2,1-3H3,(H,31,37)/t27-,28-,30+,33?;24-,25-,27-,28+,31?;20-,21-,23+,26?/m111/s1. The molecule has 144 heavy (non-hydrogen) atoms. The Balaban J connectivity index is 0.000000207. The molecule has 40 heteroatoms. The number of piperidine rings is 3. The van der Waals surface area contributed by atoms with Crippen LogP contribution in [0.5, 0.6) is 0 Å². The number of hydrogen-bond acceptors (Lipinski definition) is 30. The van der Waals surface area contributed by atoms with Crippen molar-refractivity contribution < 1.29 is 123 Å². The number of oxazole rings is 3. The Morgan fingerprint density at radius 2 is 0.806 bits per heavy atom. The van der Waals surface area contributed by atoms with Crippen molar-refractivity contribution in [2.45, 2.75) is 307 Å². The Labute approximate surface area is 841 Å². The summed E-state index contributed by atoms with van der Waals surface area (Å²) in [4.78, 5) is 165. The molecule has 6 fully saturated rings. The van der Waals surface area contributed by atoms with Gasteiger partial charge in [0.25, 0.3) is 0 Å². The fraction of sp³-hybridized carbons (Fsp3) is 0.615. The number of aliphatic hydroxyl groups excluding tert-OH is 3. The molecule has 4 aromatic carbocycles. The monoisotopic (exact) mass is 2030 g/mol. The highest BCUT2D eigenvalue weighted by atomic mass is 32.2. The number of ketones is 3. The van der Waals surface area contributed by atoms with E-state index in [-0.39, 0.29) is 99.7 Å². The highest BCUT2D eigenvalue weighted by Crippen LogP contribution is 2.39. The van der Waals surface area contributed by atoms with Gasteiger partial charge in [0.2, 0.25) is 33.6 Å². The molecular formula is C104H147N13O26S. The van der Waals surface area contributed by atoms with Crippen LogP contribution in [0.4, 0.5) is 33.6 Å². The Kier molecular flexibility index (Phi) is 42.1. The number of rotatable bonds is 40. The van der Waals surface area contributed by atoms with E-state index in [9.17, 15) is 76.5 Å². The number of ether oxygens (including phenoxy) is 7. The summed E-state index contributed by atoms with van der Waals surface area (Å²) in [7, 11) is -3.81. The topological polar surface area (TPSA) is 502 Å². The maximum atomic E-state index is 14.2. The molecule has 790 valence electrons. The molecule has 8 N–H and O–H groups in total. The van der Waals surface area contributed by atoms with Gasteiger partial charge in [0.15, 0.2) is 28.3 Å². The number of sulfonamides is 1. The number of nitrogens with one attached hydrogen (secondary N) is 5. The van der Waals surface area contributed by atoms with Crippen molar-refractivity contribution in [1.29, 1.82) is 0 Å². The van der Waals surface area contributed by atoms with Crippen molar-refractivity contribution in [2.24, 2.45) is 17.8 Å². The second-order valence-electron chi connectivity index (χ2n) is 41.0. The lowest BCUT2D eigenvalue weighted by atomic mass is 9.88. The van der Waals surface area contributed by atoms with Gasteiger partial charge < -0.3 is 103 Å². The molecule has 13 atom stereocenters. The quantitative estimate of drug-likeness (QED) is 0.0100. The van der Waals surface area contributed by atoms with Gasteiger partial charge in [0, 0.05) is 122 Å². The SMILES string of the molecule is C=CC[C@@H](NS(C)(=O)=O)C(=O)N1C[C@H](OC(=O)N2CCCCC2)C[C@H]1C(=O)C[C@@H](CCCCNC(=O)OC(C)(C)C)C(O)c1nc2ccccc2o1.CC(C)(C)OC(=O)NCCCC[C@H](CC(=O)[C@@H]1C[C@@H](OC(=O)N2CCCCC2)CN1)C(O)c1nc2ccccc2o1.CC(C)(C)OC(=O)NCCCC[C@H](CC(=O)[C@@H]1C[C@@H](OC(=O)N2CCCCC2)CN1C(=O)OCc1ccccc1)C(O)c1nc2ccccc2o1. The first kappa shape index (κ1) is 112. The molecule has 7 aromatic rings. The number of nitrogens with zero attached hydrogens (tertiary/aromatic N) is 8. The summed E-state index contributed by atoms with van der Waals surface area (Å²) >= 11 is 0. The Morgan fingerprint density at radius 1 is 0.458 bits per heavy atom. The largest absolute Gasteiger partial charge is 0.445 e. The number of carbonyl (C=O) groups excluding carboxylic acids is 11. The van der Waals surface area contributed by atoms with Crippen LogP contribution in [0, 0.1) is 17.8 Å². The molecule has 8 amide bonds. The van der Waals surface area contributed by atoms with Crippen molar-refractivity contribution in [3.05, 3.63) is 139 Å². The van der Waals surface area contributed by atoms with E-state index in [1.807, 2.05) is 81.4 Å². The number of likely N-dealkylation sites (tertiary alicyclic amines) is 5. The first-order valence-corrected chi connectivity index (χ1v) is 52.5. The lowest BCUT2D eigenvalue weighted by Crippen LogP contribution is -2.51. The zero-order chi connectivity index (χ0) is 104. The molecule has 6 aliphatic heterocycles. The number of alkyl carbamates (subject to hydrolysis) is 3. The minimum atomic E-state index is -3.81. The predicted octanol–water partition coefficient (Wildman–Crippen LogP) is 15.2. The van der Waals surface area contributed by atoms with Gasteiger partial charge in [-0.2, -0.15) is 0 Å². The number of benzene rings is 4. The minimum absolute atomic E-state index is 0.00927. The van der Waals surface area contributed by atoms with Gasteiger partial charge in [-0.05, 0) is 207 Å². The second kappa shape index (κ2) is 53.8. The van der Waals surface area contributed by atoms with Crippen LogP contribution >= 0.6 is 0 Å². The minimum Gasteiger partial charge on any atom is -0.445 e. The van der Waals surface area contributed by atoms with Gasteiger partial charge in [-0.1, -0.05) is 92.1 Å². The third-order valence-corrected chi connectivity index (χ3v) is 26.3. The smallest absolute Gasteiger partial charge is 0.410 e. The van der Waals surface area contributed by atoms with E-state index in [1.165, 1.54) is 15.9 Å². The number of aromatic nitrogens is 3. The number of para-hydroxylation sites is 6. The molecule has 0 spiro atoms. The zero-order valence-electron chi connectivity index (χ0n) is 84.7. The van der Waals surface area contributed by atoms with Gasteiger partial charge in [-0.15, -0.1) is 6.58 Å². The Bertz CT molecular complexity index is 5400. The highest BCUT2D eigenvalue weighted by molar-refractivity contribution is 7.88. The lowest BCUT2D eigenvalue weighted by Gasteiger charge is -2.29. The van der Waals surface area contributed by atoms with E-state index in [0.29, 0.717) is 163 Å². The predicted molar refractivity (Wildman–Crippen MR) is 532 cm³/mol. The summed E-state index contributed by atoms with van der Waals surface area (Å²) in [5.74, 6) is -2.82. The van der Waals surface area contributed by atoms with Crippen molar-refractivity contribution in [3.63, 3.8) is 0 Å². The molecule has 6 aliphatic rings. The molecule has 39 nitrogen and oxygen atoms in total. The molecule has 3 unspecified atom stereocenters. The number of unbranched alkanes of at least 4 members (excludes halogenated alkanes) is 3. The number of carbonyl (C=O) groups is 11. The number of aliphatic hydroxyl groups is 3. The molecule has 0 radical (unpaired) electrons. The molecule has 6 saturated heterocycles. The molecule has 0 saturated carbocycles. The zero-order valence-corrected chi connectivity index (χ0v) is 85.5. The van der Waals surface area contributed by atoms with Crippen LogP contribution in [0.3, 0.4) is 0 Å². The summed E-state index contributed by atoms with van der Waals surface area (Å²) in [5, 5.41) is 45.8. The van der Waals surface area contributed by atoms with Crippen molar-refractivity contribution in [2.75, 3.05) is 84.8 Å². The van der Waals surface area contributed by atoms with E-state index < -0.39 is 148 Å². The van der Waals surface area contributed by atoms with E-state index in [2.05, 4.69) is 47.5 Å². The third-order valence-electron chi connectivity index (χ3n) is 25.6. The third kappa shape index (κ3) is 35.8. The summed E-state index contributed by atoms with van der Waals surface area (Å²) in [5.41, 5.74) is 2.29. The van der Waals surface area contributed by atoms with Gasteiger partial charge in [0.05, 0.1) is 37.5 Å². The van der Waals surface area contributed by atoms with Crippen molar-refractivity contribution in [1.82, 2.24) is 65.4 Å². The lowest BCUT2D eigenvalue weighted by molar-refractivity contribution is -0.139. The molecule has 9 heterocycles. The van der Waals surface area contributed by atoms with Crippen LogP contribution in [0.25, 0.3) is 33.3 Å². The molecular weight excluding hydrogens is 1880 g/mol. The number of fused-ring (bicyclic) bond motifs is 3. The van der Waals surface area contributed by atoms with Crippen LogP contribution in [0.1, 0.15) is 264 Å². The normalized spacial score (nSPS) is 19.9. The van der Waals surface area contributed by atoms with Gasteiger partial charge >= 0.3 is 42.7 Å². The maximum Gasteiger partial charge on any atom is 0.410 e. The number of Topliss-reactive ketones (excluding diaryl/α,β-unsaturated/α-hetero) is 3. The van der Waals surface area contributed by atoms with Crippen LogP contribution in [-0.2, 0) is 69.0 Å². The summed E-state index contributed by atoms with van der Waals surface area (Å²) in [6.45, 7) is 24.9. The van der Waals surface area contributed by atoms with Crippen LogP contribution < -0.4 is 26.0 Å². The summed E-state index contributed by atoms with van der Waals surface area (Å²) in [6, 6.07) is 27.0. The summed E-state index contributed by atoms with van der Waals surface area (Å²) < 4.78 is 83.1. The average Bonchev–Trinajstić information content (AvgIpc) is 1.64. The highest BCUT2D eigenvalue weighted by Gasteiger charge is 2.48. The summed E-state index contributed by atoms with van der Waals surface area (Å²) in [6.07, 6.45) is 7.17. The molecule has 0 aliphatic carbocycles. The van der Waals surface area contributed by atoms with Gasteiger partial charge in [0.1, 0.15) is 88.4 Å². The first-order chi connectivity index (χ1) is 68.6. The van der Waals surface area contributed by atoms with E-state index >= 15 is 0 Å². The molecule has 13 rings (SSSR count). The average molecular weight is 2030 g/mol. The van der Waals surface area contributed by atoms with Crippen LogP contribution in [0.2, 0.25) is 0 Å². The van der Waals surface area contributed by atoms with Crippen molar-refractivity contribution >= 4 is 109 Å². The second-order valence-corrected chi connectivity index (χ2v) is 42.7. The van der Waals surface area contributed by atoms with Crippen LogP contribution in [0.15, 0.2) is 129 Å². The molecule has 3 aromatic heterocycles. The maximum absolute atomic E-state index is 14.2. The number of hydrogen-bond donors (Lipinski definition) is 8. The van der Waals surface area contributed by atoms with E-state index in [1.54, 1.807) is 98.7 Å². The van der Waals surface area contributed by atoms with E-state index in [0.717, 1.165) is 69.6 Å². The number of amides is 8. The van der Waals surface area contributed by atoms with Gasteiger partial charge in [-0.25, -0.2) is 61.7 Å². The Hall–Kier alpha value is -11.9. The van der Waals surface area contributed by atoms with Crippen LogP contribution in [-0.4, -0.2) is 273 Å². The van der Waals surface area contributed by atoms with Crippen molar-refractivity contribution in [3.8, 4) is 0 Å². The Morgan fingerprint density at radius 3 is 1.17 bits per heavy atom. The van der Waals surface area contributed by atoms with Gasteiger partial charge in [-0.3, -0.25) is 24.1 Å². The fourth-order valence-corrected chi connectivity index (χ4v) is 19.1.